The lowest BCUT2D eigenvalue weighted by molar-refractivity contribution is -0.149. The fourth-order valence-electron chi connectivity index (χ4n) is 3.34. The van der Waals surface area contributed by atoms with Crippen molar-refractivity contribution < 1.29 is 24.3 Å². The number of nitrogens with one attached hydrogen (secondary N) is 1. The number of amides is 2. The predicted molar refractivity (Wildman–Crippen MR) is 102 cm³/mol. The Morgan fingerprint density at radius 2 is 2.08 bits per heavy atom. The number of hydrogen-bond acceptors (Lipinski definition) is 6. The maximum atomic E-state index is 12.9. The molecule has 0 aromatic rings. The molecule has 0 aromatic heterocycles. The molecule has 26 heavy (non-hydrogen) atoms. The lowest BCUT2D eigenvalue weighted by atomic mass is 10.1. The molecule has 7 nitrogen and oxygen atoms in total. The largest absolute Gasteiger partial charge is 0.480 e. The number of carbonyl (C=O) groups excluding carboxylic acids is 3. The Labute approximate surface area is 162 Å². The molecule has 2 rings (SSSR count). The Morgan fingerprint density at radius 1 is 1.35 bits per heavy atom. The van der Waals surface area contributed by atoms with Crippen LogP contribution in [-0.2, 0) is 19.2 Å². The average Bonchev–Trinajstić information content (AvgIpc) is 2.94. The summed E-state index contributed by atoms with van der Waals surface area (Å²) in [5, 5.41) is 11.4. The molecule has 0 aliphatic carbocycles. The Hall–Kier alpha value is -1.22. The Balaban J connectivity index is 2.08. The molecule has 0 spiro atoms. The van der Waals surface area contributed by atoms with Gasteiger partial charge < -0.3 is 15.3 Å². The molecule has 2 saturated heterocycles. The van der Waals surface area contributed by atoms with E-state index < -0.39 is 23.3 Å². The summed E-state index contributed by atoms with van der Waals surface area (Å²) in [6.45, 7) is 3.44. The van der Waals surface area contributed by atoms with Gasteiger partial charge in [0, 0.05) is 6.92 Å². The minimum atomic E-state index is -0.999. The van der Waals surface area contributed by atoms with Crippen LogP contribution in [0.25, 0.3) is 0 Å². The summed E-state index contributed by atoms with van der Waals surface area (Å²) in [4.78, 5) is 49.9. The molecule has 0 radical (unpaired) electrons. The highest BCUT2D eigenvalue weighted by Gasteiger charge is 2.45. The zero-order valence-corrected chi connectivity index (χ0v) is 16.7. The lowest BCUT2D eigenvalue weighted by Gasteiger charge is -2.29. The molecular formula is C17H26N2O5S2. The van der Waals surface area contributed by atoms with Gasteiger partial charge in [0.1, 0.15) is 12.1 Å². The molecule has 9 heteroatoms. The maximum absolute atomic E-state index is 12.9. The highest BCUT2D eigenvalue weighted by molar-refractivity contribution is 8.14. The summed E-state index contributed by atoms with van der Waals surface area (Å²) in [7, 11) is 0. The fourth-order valence-corrected chi connectivity index (χ4v) is 5.56. The first-order valence-corrected chi connectivity index (χ1v) is 10.9. The van der Waals surface area contributed by atoms with Crippen LogP contribution >= 0.6 is 23.5 Å². The molecular weight excluding hydrogens is 376 g/mol. The van der Waals surface area contributed by atoms with Crippen molar-refractivity contribution in [3.8, 4) is 0 Å². The number of carboxylic acid groups (broad SMARTS) is 1. The lowest BCUT2D eigenvalue weighted by Crippen LogP contribution is -2.53. The zero-order chi connectivity index (χ0) is 19.3. The Bertz CT molecular complexity index is 571. The SMILES string of the molecule is CCCCC(SC(C)=O)C(=O)N[C@H]1CCS[C@H]2CC[C@@H](C(=O)O)N2C1=O. The van der Waals surface area contributed by atoms with E-state index in [2.05, 4.69) is 5.32 Å². The van der Waals surface area contributed by atoms with Crippen LogP contribution in [-0.4, -0.2) is 61.4 Å². The van der Waals surface area contributed by atoms with Gasteiger partial charge in [-0.1, -0.05) is 31.5 Å². The summed E-state index contributed by atoms with van der Waals surface area (Å²) >= 11 is 2.57. The van der Waals surface area contributed by atoms with E-state index >= 15 is 0 Å². The highest BCUT2D eigenvalue weighted by atomic mass is 32.2. The molecule has 0 saturated carbocycles. The number of aliphatic carboxylic acids is 1. The Morgan fingerprint density at radius 3 is 2.69 bits per heavy atom. The number of carboxylic acids is 1. The van der Waals surface area contributed by atoms with Crippen molar-refractivity contribution in [2.24, 2.45) is 0 Å². The van der Waals surface area contributed by atoms with E-state index in [4.69, 9.17) is 0 Å². The smallest absolute Gasteiger partial charge is 0.326 e. The van der Waals surface area contributed by atoms with Crippen LogP contribution in [0.15, 0.2) is 0 Å². The molecule has 2 amide bonds. The van der Waals surface area contributed by atoms with Gasteiger partial charge in [-0.25, -0.2) is 4.79 Å². The van der Waals surface area contributed by atoms with Gasteiger partial charge in [0.25, 0.3) is 0 Å². The topological polar surface area (TPSA) is 104 Å². The van der Waals surface area contributed by atoms with Gasteiger partial charge in [0.2, 0.25) is 11.8 Å². The van der Waals surface area contributed by atoms with Gasteiger partial charge in [0.05, 0.1) is 10.6 Å². The third kappa shape index (κ3) is 5.16. The fraction of sp³-hybridized carbons (Fsp3) is 0.765. The van der Waals surface area contributed by atoms with Crippen LogP contribution in [0, 0.1) is 0 Å². The normalized spacial score (nSPS) is 26.8. The van der Waals surface area contributed by atoms with E-state index in [0.29, 0.717) is 31.4 Å². The molecule has 146 valence electrons. The molecule has 2 aliphatic rings. The van der Waals surface area contributed by atoms with Crippen LogP contribution in [0.2, 0.25) is 0 Å². The second kappa shape index (κ2) is 9.64. The molecule has 2 fully saturated rings. The molecule has 0 bridgehead atoms. The summed E-state index contributed by atoms with van der Waals surface area (Å²) < 4.78 is 0. The van der Waals surface area contributed by atoms with Gasteiger partial charge >= 0.3 is 5.97 Å². The van der Waals surface area contributed by atoms with Crippen molar-refractivity contribution in [2.75, 3.05) is 5.75 Å². The van der Waals surface area contributed by atoms with E-state index in [0.717, 1.165) is 24.6 Å². The highest BCUT2D eigenvalue weighted by Crippen LogP contribution is 2.35. The number of hydrogen-bond donors (Lipinski definition) is 2. The van der Waals surface area contributed by atoms with Crippen molar-refractivity contribution in [2.45, 2.75) is 75.1 Å². The zero-order valence-electron chi connectivity index (χ0n) is 15.1. The van der Waals surface area contributed by atoms with Gasteiger partial charge in [-0.2, -0.15) is 0 Å². The van der Waals surface area contributed by atoms with E-state index in [1.807, 2.05) is 6.92 Å². The summed E-state index contributed by atoms with van der Waals surface area (Å²) in [6, 6.07) is -1.54. The number of unbranched alkanes of at least 4 members (excludes halogenated alkanes) is 1. The predicted octanol–water partition coefficient (Wildman–Crippen LogP) is 1.85. The van der Waals surface area contributed by atoms with Crippen LogP contribution in [0.3, 0.4) is 0 Å². The van der Waals surface area contributed by atoms with Crippen LogP contribution in [0.1, 0.15) is 52.4 Å². The van der Waals surface area contributed by atoms with Gasteiger partial charge in [-0.3, -0.25) is 14.4 Å². The van der Waals surface area contributed by atoms with E-state index in [9.17, 15) is 24.3 Å². The number of nitrogens with zero attached hydrogens (tertiary/aromatic N) is 1. The second-order valence-corrected chi connectivity index (χ2v) is 9.26. The number of thioether (sulfide) groups is 2. The van der Waals surface area contributed by atoms with E-state index in [-0.39, 0.29) is 22.3 Å². The van der Waals surface area contributed by atoms with Crippen LogP contribution in [0.5, 0.6) is 0 Å². The molecule has 2 aliphatic heterocycles. The standard InChI is InChI=1S/C17H26N2O5S2/c1-3-4-5-13(26-10(2)20)15(21)18-11-8-9-25-14-7-6-12(17(23)24)19(14)16(11)22/h11-14H,3-9H2,1-2H3,(H,18,21)(H,23,24)/t11-,12-,13?,14-/m0/s1. The molecule has 1 unspecified atom stereocenters. The molecule has 2 heterocycles. The first-order valence-electron chi connectivity index (χ1n) is 8.99. The minimum Gasteiger partial charge on any atom is -0.480 e. The number of rotatable bonds is 7. The Kier molecular flexibility index (Phi) is 7.82. The van der Waals surface area contributed by atoms with E-state index in [1.54, 1.807) is 11.8 Å². The quantitative estimate of drug-likeness (QED) is 0.670. The summed E-state index contributed by atoms with van der Waals surface area (Å²) in [6.07, 6.45) is 3.89. The molecule has 2 N–H and O–H groups in total. The first kappa shape index (κ1) is 21.1. The first-order chi connectivity index (χ1) is 12.3. The second-order valence-electron chi connectivity index (χ2n) is 6.59. The van der Waals surface area contributed by atoms with Crippen molar-refractivity contribution in [1.82, 2.24) is 10.2 Å². The van der Waals surface area contributed by atoms with Crippen molar-refractivity contribution in [1.29, 1.82) is 0 Å². The summed E-state index contributed by atoms with van der Waals surface area (Å²) in [5.74, 6) is -0.947. The van der Waals surface area contributed by atoms with Crippen molar-refractivity contribution in [3.63, 3.8) is 0 Å². The van der Waals surface area contributed by atoms with Gasteiger partial charge in [0.15, 0.2) is 5.12 Å². The third-order valence-corrected chi connectivity index (χ3v) is 7.01. The maximum Gasteiger partial charge on any atom is 0.326 e. The number of fused-ring (bicyclic) bond motifs is 1. The van der Waals surface area contributed by atoms with E-state index in [1.165, 1.54) is 11.8 Å². The van der Waals surface area contributed by atoms with Crippen LogP contribution < -0.4 is 5.32 Å². The number of carbonyl (C=O) groups is 4. The van der Waals surface area contributed by atoms with Crippen molar-refractivity contribution >= 4 is 46.4 Å². The van der Waals surface area contributed by atoms with Gasteiger partial charge in [-0.05, 0) is 31.4 Å². The minimum absolute atomic E-state index is 0.130. The molecule has 0 aromatic carbocycles. The van der Waals surface area contributed by atoms with Crippen molar-refractivity contribution in [3.05, 3.63) is 0 Å². The van der Waals surface area contributed by atoms with Crippen LogP contribution in [0.4, 0.5) is 0 Å². The third-order valence-electron chi connectivity index (χ3n) is 4.62. The monoisotopic (exact) mass is 402 g/mol. The summed E-state index contributed by atoms with van der Waals surface area (Å²) in [5.41, 5.74) is 0. The average molecular weight is 403 g/mol. The molecule has 4 atom stereocenters. The van der Waals surface area contributed by atoms with Gasteiger partial charge in [-0.15, -0.1) is 11.8 Å².